The van der Waals surface area contributed by atoms with Gasteiger partial charge >= 0.3 is 0 Å². The number of halogens is 2. The van der Waals surface area contributed by atoms with Crippen molar-refractivity contribution in [1.29, 1.82) is 0 Å². The number of amides is 2. The van der Waals surface area contributed by atoms with E-state index in [9.17, 15) is 14.0 Å². The van der Waals surface area contributed by atoms with Crippen LogP contribution in [0.5, 0.6) is 0 Å². The van der Waals surface area contributed by atoms with E-state index in [1.807, 2.05) is 52.0 Å². The number of benzene rings is 2. The van der Waals surface area contributed by atoms with E-state index in [1.165, 1.54) is 28.8 Å². The van der Waals surface area contributed by atoms with Gasteiger partial charge in [-0.15, -0.1) is 11.8 Å². The van der Waals surface area contributed by atoms with Crippen molar-refractivity contribution in [3.63, 3.8) is 0 Å². The Morgan fingerprint density at radius 1 is 1.20 bits per heavy atom. The molecule has 1 saturated heterocycles. The van der Waals surface area contributed by atoms with E-state index in [0.717, 1.165) is 30.2 Å². The van der Waals surface area contributed by atoms with Crippen LogP contribution in [0.15, 0.2) is 42.5 Å². The zero-order valence-electron chi connectivity index (χ0n) is 23.2. The van der Waals surface area contributed by atoms with Gasteiger partial charge in [-0.1, -0.05) is 39.0 Å². The van der Waals surface area contributed by atoms with E-state index in [1.54, 1.807) is 4.68 Å². The largest absolute Gasteiger partial charge is 0.376 e. The van der Waals surface area contributed by atoms with Gasteiger partial charge in [0, 0.05) is 35.8 Å². The number of aryl methyl sites for hydroxylation is 1. The SMILES string of the molecule is Cc1cccc(-n2nc(C(C)(C)C)c3c2N(CC(=O)NC[C@@H]2CCCO2)C(=O)CS[C@H]3c2ccc(F)cc2F)c1. The summed E-state index contributed by atoms with van der Waals surface area (Å²) < 4.78 is 36.5. The maximum absolute atomic E-state index is 15.3. The molecule has 0 aliphatic carbocycles. The third-order valence-corrected chi connectivity index (χ3v) is 8.38. The van der Waals surface area contributed by atoms with E-state index in [-0.39, 0.29) is 35.8 Å². The fourth-order valence-corrected chi connectivity index (χ4v) is 6.42. The average Bonchev–Trinajstić information content (AvgIpc) is 3.53. The third kappa shape index (κ3) is 5.78. The summed E-state index contributed by atoms with van der Waals surface area (Å²) in [6, 6.07) is 11.2. The number of carbonyl (C=O) groups excluding carboxylic acids is 2. The smallest absolute Gasteiger partial charge is 0.240 e. The van der Waals surface area contributed by atoms with E-state index >= 15 is 4.39 Å². The first-order valence-corrected chi connectivity index (χ1v) is 14.5. The van der Waals surface area contributed by atoms with E-state index in [0.29, 0.717) is 30.2 Å². The molecule has 1 N–H and O–H groups in total. The van der Waals surface area contributed by atoms with Crippen molar-refractivity contribution in [2.24, 2.45) is 0 Å². The molecule has 0 bridgehead atoms. The Labute approximate surface area is 237 Å². The minimum Gasteiger partial charge on any atom is -0.376 e. The maximum atomic E-state index is 15.3. The van der Waals surface area contributed by atoms with Gasteiger partial charge in [-0.2, -0.15) is 5.10 Å². The Morgan fingerprint density at radius 2 is 2.00 bits per heavy atom. The highest BCUT2D eigenvalue weighted by Crippen LogP contribution is 2.49. The normalized spacial score (nSPS) is 19.4. The number of ether oxygens (including phenoxy) is 1. The van der Waals surface area contributed by atoms with Gasteiger partial charge in [-0.3, -0.25) is 14.5 Å². The van der Waals surface area contributed by atoms with E-state index in [4.69, 9.17) is 9.84 Å². The molecule has 0 saturated carbocycles. The summed E-state index contributed by atoms with van der Waals surface area (Å²) in [7, 11) is 0. The van der Waals surface area contributed by atoms with Crippen LogP contribution in [-0.2, 0) is 19.7 Å². The van der Waals surface area contributed by atoms with Crippen molar-refractivity contribution in [3.8, 4) is 5.69 Å². The highest BCUT2D eigenvalue weighted by atomic mass is 32.2. The monoisotopic (exact) mass is 568 g/mol. The third-order valence-electron chi connectivity index (χ3n) is 7.14. The number of thioether (sulfide) groups is 1. The molecule has 2 aliphatic heterocycles. The van der Waals surface area contributed by atoms with Crippen LogP contribution in [0.2, 0.25) is 0 Å². The van der Waals surface area contributed by atoms with Crippen molar-refractivity contribution >= 4 is 29.4 Å². The Balaban J connectivity index is 1.67. The zero-order chi connectivity index (χ0) is 28.6. The second-order valence-corrected chi connectivity index (χ2v) is 12.5. The van der Waals surface area contributed by atoms with Gasteiger partial charge < -0.3 is 10.1 Å². The summed E-state index contributed by atoms with van der Waals surface area (Å²) in [6.07, 6.45) is 1.80. The van der Waals surface area contributed by atoms with Gasteiger partial charge in [0.25, 0.3) is 0 Å². The molecule has 1 fully saturated rings. The summed E-state index contributed by atoms with van der Waals surface area (Å²) in [6.45, 7) is 8.80. The fourth-order valence-electron chi connectivity index (χ4n) is 5.21. The summed E-state index contributed by atoms with van der Waals surface area (Å²) in [5, 5.41) is 7.27. The predicted octanol–water partition coefficient (Wildman–Crippen LogP) is 5.22. The molecule has 0 radical (unpaired) electrons. The molecular formula is C30H34F2N4O3S. The molecule has 10 heteroatoms. The molecule has 0 spiro atoms. The van der Waals surface area contributed by atoms with Crippen LogP contribution in [0.1, 0.15) is 61.2 Å². The van der Waals surface area contributed by atoms with Crippen molar-refractivity contribution in [2.75, 3.05) is 30.3 Å². The lowest BCUT2D eigenvalue weighted by atomic mass is 9.87. The molecule has 2 aliphatic rings. The molecule has 3 aromatic rings. The molecular weight excluding hydrogens is 534 g/mol. The van der Waals surface area contributed by atoms with Crippen LogP contribution >= 0.6 is 11.8 Å². The highest BCUT2D eigenvalue weighted by Gasteiger charge is 2.40. The Kier molecular flexibility index (Phi) is 8.01. The summed E-state index contributed by atoms with van der Waals surface area (Å²) in [4.78, 5) is 28.3. The highest BCUT2D eigenvalue weighted by molar-refractivity contribution is 8.00. The molecule has 7 nitrogen and oxygen atoms in total. The zero-order valence-corrected chi connectivity index (χ0v) is 24.0. The first-order valence-electron chi connectivity index (χ1n) is 13.5. The number of nitrogens with one attached hydrogen (secondary N) is 1. The Morgan fingerprint density at radius 3 is 2.67 bits per heavy atom. The van der Waals surface area contributed by atoms with Crippen LogP contribution in [0.4, 0.5) is 14.6 Å². The number of hydrogen-bond donors (Lipinski definition) is 1. The number of carbonyl (C=O) groups is 2. The van der Waals surface area contributed by atoms with Gasteiger partial charge in [0.2, 0.25) is 11.8 Å². The predicted molar refractivity (Wildman–Crippen MR) is 152 cm³/mol. The molecule has 1 aromatic heterocycles. The second kappa shape index (κ2) is 11.3. The standard InChI is InChI=1S/C30H34F2N4O3S/c1-18-7-5-8-20(13-18)36-29-26(28(34-36)30(2,3)4)27(22-11-10-19(31)14-23(22)32)40-17-25(38)35(29)16-24(37)33-15-21-9-6-12-39-21/h5,7-8,10-11,13-14,21,27H,6,9,12,15-17H2,1-4H3,(H,33,37)/t21-,27-/m0/s1. The van der Waals surface area contributed by atoms with Crippen LogP contribution < -0.4 is 10.2 Å². The minimum absolute atomic E-state index is 0.00653. The molecule has 40 heavy (non-hydrogen) atoms. The molecule has 3 heterocycles. The summed E-state index contributed by atoms with van der Waals surface area (Å²) >= 11 is 1.26. The molecule has 5 rings (SSSR count). The lowest BCUT2D eigenvalue weighted by molar-refractivity contribution is -0.123. The number of hydrogen-bond acceptors (Lipinski definition) is 5. The maximum Gasteiger partial charge on any atom is 0.240 e. The van der Waals surface area contributed by atoms with Crippen LogP contribution in [-0.4, -0.2) is 53.1 Å². The van der Waals surface area contributed by atoms with Crippen molar-refractivity contribution in [3.05, 3.63) is 76.5 Å². The van der Waals surface area contributed by atoms with Gasteiger partial charge in [-0.05, 0) is 43.5 Å². The topological polar surface area (TPSA) is 76.5 Å². The number of fused-ring (bicyclic) bond motifs is 1. The van der Waals surface area contributed by atoms with Crippen LogP contribution in [0.25, 0.3) is 5.69 Å². The fraction of sp³-hybridized carbons (Fsp3) is 0.433. The van der Waals surface area contributed by atoms with Crippen molar-refractivity contribution in [1.82, 2.24) is 15.1 Å². The summed E-state index contributed by atoms with van der Waals surface area (Å²) in [5.41, 5.74) is 2.80. The number of aromatic nitrogens is 2. The Hall–Kier alpha value is -3.24. The number of anilines is 1. The lowest BCUT2D eigenvalue weighted by Gasteiger charge is -2.25. The van der Waals surface area contributed by atoms with Crippen molar-refractivity contribution in [2.45, 2.75) is 57.3 Å². The second-order valence-electron chi connectivity index (χ2n) is 11.4. The number of rotatable bonds is 6. The lowest BCUT2D eigenvalue weighted by Crippen LogP contribution is -2.44. The molecule has 0 unspecified atom stereocenters. The van der Waals surface area contributed by atoms with Crippen LogP contribution in [0, 0.1) is 18.6 Å². The van der Waals surface area contributed by atoms with Crippen LogP contribution in [0.3, 0.4) is 0 Å². The molecule has 2 amide bonds. The molecule has 212 valence electrons. The molecule has 2 atom stereocenters. The first-order chi connectivity index (χ1) is 19.0. The van der Waals surface area contributed by atoms with E-state index < -0.39 is 22.3 Å². The molecule has 2 aromatic carbocycles. The Bertz CT molecular complexity index is 1430. The van der Waals surface area contributed by atoms with Crippen molar-refractivity contribution < 1.29 is 23.1 Å². The van der Waals surface area contributed by atoms with Gasteiger partial charge in [0.15, 0.2) is 0 Å². The average molecular weight is 569 g/mol. The van der Waals surface area contributed by atoms with E-state index in [2.05, 4.69) is 5.32 Å². The minimum atomic E-state index is -0.693. The quantitative estimate of drug-likeness (QED) is 0.441. The van der Waals surface area contributed by atoms with Gasteiger partial charge in [-0.25, -0.2) is 13.5 Å². The van der Waals surface area contributed by atoms with Gasteiger partial charge in [0.05, 0.1) is 28.5 Å². The summed E-state index contributed by atoms with van der Waals surface area (Å²) in [5.74, 6) is -1.55. The number of nitrogens with zero attached hydrogens (tertiary/aromatic N) is 3. The first kappa shape index (κ1) is 28.3. The van der Waals surface area contributed by atoms with Gasteiger partial charge in [0.1, 0.15) is 24.0 Å².